The van der Waals surface area contributed by atoms with E-state index in [9.17, 15) is 9.59 Å². The van der Waals surface area contributed by atoms with Gasteiger partial charge in [-0.15, -0.1) is 0 Å². The van der Waals surface area contributed by atoms with Crippen molar-refractivity contribution >= 4 is 50.9 Å². The van der Waals surface area contributed by atoms with Gasteiger partial charge in [0.2, 0.25) is 5.91 Å². The Morgan fingerprint density at radius 2 is 1.87 bits per heavy atom. The van der Waals surface area contributed by atoms with E-state index in [4.69, 9.17) is 27.9 Å². The number of benzene rings is 1. The Kier molecular flexibility index (Phi) is 6.99. The normalized spacial score (nSPS) is 15.1. The van der Waals surface area contributed by atoms with Gasteiger partial charge in [0.15, 0.2) is 12.4 Å². The Hall–Kier alpha value is -0.980. The lowest BCUT2D eigenvalue weighted by Gasteiger charge is -2.20. The number of hydrogen-bond acceptors (Lipinski definition) is 3. The van der Waals surface area contributed by atoms with Gasteiger partial charge in [-0.25, -0.2) is 0 Å². The number of nitrogens with one attached hydrogen (secondary N) is 2. The van der Waals surface area contributed by atoms with Crippen LogP contribution in [-0.2, 0) is 9.59 Å². The van der Waals surface area contributed by atoms with E-state index >= 15 is 0 Å². The minimum Gasteiger partial charge on any atom is -0.481 e. The zero-order valence-electron chi connectivity index (χ0n) is 12.3. The molecule has 0 radical (unpaired) electrons. The van der Waals surface area contributed by atoms with Gasteiger partial charge < -0.3 is 4.74 Å². The molecule has 5 nitrogen and oxygen atoms in total. The van der Waals surface area contributed by atoms with Gasteiger partial charge in [0, 0.05) is 10.9 Å². The van der Waals surface area contributed by atoms with E-state index in [0.29, 0.717) is 20.3 Å². The number of carbonyl (C=O) groups is 2. The summed E-state index contributed by atoms with van der Waals surface area (Å²) in [5.41, 5.74) is 4.79. The summed E-state index contributed by atoms with van der Waals surface area (Å²) in [7, 11) is 0. The molecule has 1 aromatic carbocycles. The van der Waals surface area contributed by atoms with Crippen LogP contribution in [0.2, 0.25) is 10.0 Å². The molecule has 0 aliphatic heterocycles. The van der Waals surface area contributed by atoms with Crippen LogP contribution in [0.3, 0.4) is 0 Å². The average Bonchev–Trinajstić information content (AvgIpc) is 2.52. The van der Waals surface area contributed by atoms with Crippen molar-refractivity contribution in [3.05, 3.63) is 26.7 Å². The molecule has 0 saturated heterocycles. The average molecular weight is 424 g/mol. The minimum absolute atomic E-state index is 0.0233. The van der Waals surface area contributed by atoms with Gasteiger partial charge in [-0.1, -0.05) is 42.5 Å². The number of amides is 2. The molecule has 0 heterocycles. The van der Waals surface area contributed by atoms with Crippen LogP contribution in [0, 0.1) is 5.92 Å². The molecule has 1 aliphatic rings. The van der Waals surface area contributed by atoms with Gasteiger partial charge in [0.05, 0.1) is 9.50 Å². The third kappa shape index (κ3) is 5.55. The zero-order valence-corrected chi connectivity index (χ0v) is 15.4. The van der Waals surface area contributed by atoms with Crippen LogP contribution in [-0.4, -0.2) is 18.4 Å². The predicted octanol–water partition coefficient (Wildman–Crippen LogP) is 3.86. The fraction of sp³-hybridized carbons (Fsp3) is 0.467. The predicted molar refractivity (Wildman–Crippen MR) is 92.5 cm³/mol. The van der Waals surface area contributed by atoms with Crippen LogP contribution < -0.4 is 15.6 Å². The Labute approximate surface area is 153 Å². The SMILES string of the molecule is O=C(COc1c(Cl)cc(Cl)cc1Br)NNC(=O)C1CCCCC1. The van der Waals surface area contributed by atoms with Crippen LogP contribution in [0.1, 0.15) is 32.1 Å². The molecule has 8 heteroatoms. The first-order valence-electron chi connectivity index (χ1n) is 7.33. The Balaban J connectivity index is 1.78. The number of ether oxygens (including phenoxy) is 1. The standard InChI is InChI=1S/C15H17BrCl2N2O3/c16-11-6-10(17)7-12(18)14(11)23-8-13(21)19-20-15(22)9-4-2-1-3-5-9/h6-7,9H,1-5,8H2,(H,19,21)(H,20,22). The molecule has 1 saturated carbocycles. The largest absolute Gasteiger partial charge is 0.481 e. The highest BCUT2D eigenvalue weighted by Gasteiger charge is 2.21. The Morgan fingerprint density at radius 3 is 2.52 bits per heavy atom. The summed E-state index contributed by atoms with van der Waals surface area (Å²) in [6.07, 6.45) is 5.01. The molecule has 0 bridgehead atoms. The van der Waals surface area contributed by atoms with Crippen LogP contribution in [0.15, 0.2) is 16.6 Å². The third-order valence-corrected chi connectivity index (χ3v) is 4.70. The molecule has 0 unspecified atom stereocenters. The molecule has 2 rings (SSSR count). The summed E-state index contributed by atoms with van der Waals surface area (Å²) >= 11 is 15.1. The molecule has 0 aromatic heterocycles. The number of rotatable bonds is 4. The smallest absolute Gasteiger partial charge is 0.276 e. The van der Waals surface area contributed by atoms with Crippen molar-refractivity contribution in [3.63, 3.8) is 0 Å². The van der Waals surface area contributed by atoms with Crippen molar-refractivity contribution in [2.45, 2.75) is 32.1 Å². The molecule has 2 amide bonds. The summed E-state index contributed by atoms with van der Waals surface area (Å²) in [6, 6.07) is 3.14. The van der Waals surface area contributed by atoms with Crippen molar-refractivity contribution in [2.75, 3.05) is 6.61 Å². The van der Waals surface area contributed by atoms with Crippen LogP contribution in [0.25, 0.3) is 0 Å². The summed E-state index contributed by atoms with van der Waals surface area (Å²) in [5.74, 6) is -0.314. The van der Waals surface area contributed by atoms with E-state index in [-0.39, 0.29) is 18.4 Å². The van der Waals surface area contributed by atoms with Gasteiger partial charge in [0.1, 0.15) is 0 Å². The second kappa shape index (κ2) is 8.76. The second-order valence-electron chi connectivity index (χ2n) is 5.36. The van der Waals surface area contributed by atoms with E-state index in [0.717, 1.165) is 25.7 Å². The molecule has 0 atom stereocenters. The quantitative estimate of drug-likeness (QED) is 0.722. The van der Waals surface area contributed by atoms with E-state index < -0.39 is 5.91 Å². The topological polar surface area (TPSA) is 67.4 Å². The molecule has 23 heavy (non-hydrogen) atoms. The lowest BCUT2D eigenvalue weighted by atomic mass is 9.89. The summed E-state index contributed by atoms with van der Waals surface area (Å²) in [4.78, 5) is 23.7. The highest BCUT2D eigenvalue weighted by molar-refractivity contribution is 9.10. The van der Waals surface area contributed by atoms with Gasteiger partial charge in [-0.2, -0.15) is 0 Å². The van der Waals surface area contributed by atoms with Crippen molar-refractivity contribution < 1.29 is 14.3 Å². The fourth-order valence-corrected chi connectivity index (χ4v) is 3.81. The van der Waals surface area contributed by atoms with Crippen LogP contribution in [0.5, 0.6) is 5.75 Å². The zero-order chi connectivity index (χ0) is 16.8. The maximum Gasteiger partial charge on any atom is 0.276 e. The lowest BCUT2D eigenvalue weighted by molar-refractivity contribution is -0.132. The molecule has 2 N–H and O–H groups in total. The molecule has 0 spiro atoms. The van der Waals surface area contributed by atoms with Crippen molar-refractivity contribution in [1.29, 1.82) is 0 Å². The van der Waals surface area contributed by atoms with E-state index in [1.807, 2.05) is 0 Å². The van der Waals surface area contributed by atoms with Gasteiger partial charge in [-0.3, -0.25) is 20.4 Å². The number of hydrogen-bond donors (Lipinski definition) is 2. The lowest BCUT2D eigenvalue weighted by Crippen LogP contribution is -2.46. The monoisotopic (exact) mass is 422 g/mol. The maximum absolute atomic E-state index is 11.9. The minimum atomic E-state index is -0.466. The molecule has 1 aromatic rings. The van der Waals surface area contributed by atoms with Crippen LogP contribution in [0.4, 0.5) is 0 Å². The van der Waals surface area contributed by atoms with Gasteiger partial charge in [0.25, 0.3) is 5.91 Å². The summed E-state index contributed by atoms with van der Waals surface area (Å²) in [6.45, 7) is -0.273. The van der Waals surface area contributed by atoms with E-state index in [1.54, 1.807) is 6.07 Å². The molecular formula is C15H17BrCl2N2O3. The fourth-order valence-electron chi connectivity index (χ4n) is 2.44. The van der Waals surface area contributed by atoms with E-state index in [2.05, 4.69) is 26.8 Å². The first-order chi connectivity index (χ1) is 11.0. The first kappa shape index (κ1) is 18.4. The van der Waals surface area contributed by atoms with Gasteiger partial charge >= 0.3 is 0 Å². The summed E-state index contributed by atoms with van der Waals surface area (Å²) in [5, 5.41) is 0.752. The Bertz CT molecular complexity index is 569. The highest BCUT2D eigenvalue weighted by Crippen LogP contribution is 2.35. The molecule has 126 valence electrons. The highest BCUT2D eigenvalue weighted by atomic mass is 79.9. The Morgan fingerprint density at radius 1 is 1.17 bits per heavy atom. The second-order valence-corrected chi connectivity index (χ2v) is 7.06. The maximum atomic E-state index is 11.9. The van der Waals surface area contributed by atoms with Gasteiger partial charge in [-0.05, 0) is 40.9 Å². The first-order valence-corrected chi connectivity index (χ1v) is 8.88. The number of carbonyl (C=O) groups excluding carboxylic acids is 2. The molecule has 1 fully saturated rings. The van der Waals surface area contributed by atoms with Crippen molar-refractivity contribution in [3.8, 4) is 5.75 Å². The van der Waals surface area contributed by atoms with Crippen molar-refractivity contribution in [1.82, 2.24) is 10.9 Å². The van der Waals surface area contributed by atoms with Crippen molar-refractivity contribution in [2.24, 2.45) is 5.92 Å². The van der Waals surface area contributed by atoms with E-state index in [1.165, 1.54) is 12.5 Å². The number of halogens is 3. The number of hydrazine groups is 1. The van der Waals surface area contributed by atoms with Crippen LogP contribution >= 0.6 is 39.1 Å². The third-order valence-electron chi connectivity index (χ3n) is 3.61. The molecular weight excluding hydrogens is 407 g/mol. The summed E-state index contributed by atoms with van der Waals surface area (Å²) < 4.78 is 5.91. The molecule has 1 aliphatic carbocycles.